The summed E-state index contributed by atoms with van der Waals surface area (Å²) in [6.07, 6.45) is 2.16. The fourth-order valence-electron chi connectivity index (χ4n) is 3.10. The van der Waals surface area contributed by atoms with Crippen LogP contribution in [0.2, 0.25) is 0 Å². The molecular weight excluding hydrogens is 367 g/mol. The maximum atomic E-state index is 14.3. The molecule has 0 aliphatic carbocycles. The van der Waals surface area contributed by atoms with Gasteiger partial charge in [-0.05, 0) is 49.1 Å². The number of amides is 1. The molecule has 1 aromatic carbocycles. The molecule has 1 amide bonds. The number of carbonyl (C=O) groups excluding carboxylic acids is 1. The van der Waals surface area contributed by atoms with Crippen LogP contribution >= 0.6 is 0 Å². The van der Waals surface area contributed by atoms with Crippen molar-refractivity contribution in [3.05, 3.63) is 47.9 Å². The van der Waals surface area contributed by atoms with Crippen LogP contribution in [0.25, 0.3) is 11.3 Å². The molecule has 28 heavy (non-hydrogen) atoms. The van der Waals surface area contributed by atoms with E-state index in [9.17, 15) is 14.0 Å². The second-order valence-corrected chi connectivity index (χ2v) is 6.59. The second-order valence-electron chi connectivity index (χ2n) is 6.59. The molecule has 0 spiro atoms. The minimum Gasteiger partial charge on any atom is -0.492 e. The Hall–Kier alpha value is -3.16. The highest BCUT2D eigenvalue weighted by Gasteiger charge is 2.22. The number of pyridine rings is 1. The molecule has 2 heterocycles. The van der Waals surface area contributed by atoms with Gasteiger partial charge in [-0.3, -0.25) is 4.98 Å². The van der Waals surface area contributed by atoms with Gasteiger partial charge in [-0.25, -0.2) is 14.0 Å². The fourth-order valence-corrected chi connectivity index (χ4v) is 3.10. The number of halogens is 1. The molecule has 2 aromatic rings. The highest BCUT2D eigenvalue weighted by Crippen LogP contribution is 2.25. The van der Waals surface area contributed by atoms with E-state index in [2.05, 4.69) is 9.72 Å². The van der Waals surface area contributed by atoms with Crippen molar-refractivity contribution in [2.24, 2.45) is 5.92 Å². The average molecular weight is 388 g/mol. The molecular formula is C20H21FN2O5. The lowest BCUT2D eigenvalue weighted by molar-refractivity contribution is 0.0600. The van der Waals surface area contributed by atoms with Gasteiger partial charge in [0.1, 0.15) is 11.6 Å². The molecule has 1 N–H and O–H groups in total. The quantitative estimate of drug-likeness (QED) is 0.790. The van der Waals surface area contributed by atoms with Gasteiger partial charge in [0.2, 0.25) is 0 Å². The van der Waals surface area contributed by atoms with Gasteiger partial charge in [-0.1, -0.05) is 0 Å². The lowest BCUT2D eigenvalue weighted by Gasteiger charge is -2.29. The van der Waals surface area contributed by atoms with Gasteiger partial charge in [-0.15, -0.1) is 0 Å². The van der Waals surface area contributed by atoms with E-state index in [0.717, 1.165) is 18.9 Å². The van der Waals surface area contributed by atoms with Crippen LogP contribution in [0.5, 0.6) is 5.75 Å². The van der Waals surface area contributed by atoms with Crippen LogP contribution in [0.4, 0.5) is 9.18 Å². The van der Waals surface area contributed by atoms with E-state index < -0.39 is 17.9 Å². The SMILES string of the molecule is COC(=O)c1ccc(-c2ccc(OCC3CCN(C(=O)O)CC3)cn2)c(F)c1. The Balaban J connectivity index is 1.58. The first-order chi connectivity index (χ1) is 13.5. The summed E-state index contributed by atoms with van der Waals surface area (Å²) in [5.74, 6) is -0.305. The second kappa shape index (κ2) is 8.69. The number of methoxy groups -OCH3 is 1. The first-order valence-electron chi connectivity index (χ1n) is 8.93. The maximum absolute atomic E-state index is 14.3. The van der Waals surface area contributed by atoms with Crippen LogP contribution in [0.15, 0.2) is 36.5 Å². The summed E-state index contributed by atoms with van der Waals surface area (Å²) >= 11 is 0. The highest BCUT2D eigenvalue weighted by atomic mass is 19.1. The molecule has 0 bridgehead atoms. The summed E-state index contributed by atoms with van der Waals surface area (Å²) in [6, 6.07) is 7.46. The monoisotopic (exact) mass is 388 g/mol. The number of carboxylic acid groups (broad SMARTS) is 1. The normalized spacial score (nSPS) is 14.6. The van der Waals surface area contributed by atoms with Crippen molar-refractivity contribution in [2.45, 2.75) is 12.8 Å². The number of piperidine rings is 1. The molecule has 3 rings (SSSR count). The van der Waals surface area contributed by atoms with Crippen molar-refractivity contribution in [3.8, 4) is 17.0 Å². The summed E-state index contributed by atoms with van der Waals surface area (Å²) in [4.78, 5) is 28.0. The van der Waals surface area contributed by atoms with E-state index in [1.165, 1.54) is 30.3 Å². The van der Waals surface area contributed by atoms with Crippen LogP contribution < -0.4 is 4.74 Å². The summed E-state index contributed by atoms with van der Waals surface area (Å²) in [7, 11) is 1.24. The number of esters is 1. The number of ether oxygens (including phenoxy) is 2. The Labute approximate surface area is 161 Å². The van der Waals surface area contributed by atoms with Gasteiger partial charge >= 0.3 is 12.1 Å². The fraction of sp³-hybridized carbons (Fsp3) is 0.350. The number of hydrogen-bond donors (Lipinski definition) is 1. The van der Waals surface area contributed by atoms with Gasteiger partial charge in [-0.2, -0.15) is 0 Å². The first-order valence-corrected chi connectivity index (χ1v) is 8.93. The summed E-state index contributed by atoms with van der Waals surface area (Å²) in [5, 5.41) is 8.96. The minimum absolute atomic E-state index is 0.137. The Morgan fingerprint density at radius 1 is 1.25 bits per heavy atom. The number of nitrogens with zero attached hydrogens (tertiary/aromatic N) is 2. The van der Waals surface area contributed by atoms with Gasteiger partial charge in [0.25, 0.3) is 0 Å². The molecule has 7 nitrogen and oxygen atoms in total. The van der Waals surface area contributed by atoms with Gasteiger partial charge in [0.05, 0.1) is 31.2 Å². The smallest absolute Gasteiger partial charge is 0.407 e. The number of likely N-dealkylation sites (tertiary alicyclic amines) is 1. The molecule has 1 saturated heterocycles. The number of carbonyl (C=O) groups is 2. The Kier molecular flexibility index (Phi) is 6.08. The van der Waals surface area contributed by atoms with Crippen molar-refractivity contribution >= 4 is 12.1 Å². The summed E-state index contributed by atoms with van der Waals surface area (Å²) < 4.78 is 24.6. The van der Waals surface area contributed by atoms with Crippen LogP contribution in [0.1, 0.15) is 23.2 Å². The van der Waals surface area contributed by atoms with Gasteiger partial charge < -0.3 is 19.5 Å². The molecule has 1 aliphatic heterocycles. The van der Waals surface area contributed by atoms with E-state index >= 15 is 0 Å². The number of aromatic nitrogens is 1. The zero-order valence-electron chi connectivity index (χ0n) is 15.4. The van der Waals surface area contributed by atoms with E-state index in [0.29, 0.717) is 37.1 Å². The first kappa shape index (κ1) is 19.6. The average Bonchev–Trinajstić information content (AvgIpc) is 2.72. The Bertz CT molecular complexity index is 848. The van der Waals surface area contributed by atoms with Crippen LogP contribution in [-0.2, 0) is 4.74 Å². The zero-order chi connectivity index (χ0) is 20.1. The third kappa shape index (κ3) is 4.57. The summed E-state index contributed by atoms with van der Waals surface area (Å²) in [6.45, 7) is 1.51. The standard InChI is InChI=1S/C20H21FN2O5/c1-27-19(24)14-2-4-16(17(21)10-14)18-5-3-15(11-22-18)28-12-13-6-8-23(9-7-13)20(25)26/h2-5,10-11,13H,6-9,12H2,1H3,(H,25,26). The van der Waals surface area contributed by atoms with Gasteiger partial charge in [0.15, 0.2) is 0 Å². The van der Waals surface area contributed by atoms with Crippen molar-refractivity contribution in [2.75, 3.05) is 26.8 Å². The van der Waals surface area contributed by atoms with Crippen molar-refractivity contribution < 1.29 is 28.6 Å². The lowest BCUT2D eigenvalue weighted by atomic mass is 9.98. The maximum Gasteiger partial charge on any atom is 0.407 e. The van der Waals surface area contributed by atoms with E-state index in [-0.39, 0.29) is 11.1 Å². The zero-order valence-corrected chi connectivity index (χ0v) is 15.4. The molecule has 0 unspecified atom stereocenters. The number of rotatable bonds is 5. The van der Waals surface area contributed by atoms with Crippen molar-refractivity contribution in [1.29, 1.82) is 0 Å². The molecule has 0 radical (unpaired) electrons. The Morgan fingerprint density at radius 2 is 2.00 bits per heavy atom. The minimum atomic E-state index is -0.883. The van der Waals surface area contributed by atoms with Crippen molar-refractivity contribution in [3.63, 3.8) is 0 Å². The lowest BCUT2D eigenvalue weighted by Crippen LogP contribution is -2.38. The number of benzene rings is 1. The molecule has 0 saturated carbocycles. The molecule has 8 heteroatoms. The topological polar surface area (TPSA) is 89.0 Å². The van der Waals surface area contributed by atoms with E-state index in [4.69, 9.17) is 9.84 Å². The van der Waals surface area contributed by atoms with Crippen molar-refractivity contribution in [1.82, 2.24) is 9.88 Å². The molecule has 0 atom stereocenters. The predicted molar refractivity (Wildman–Crippen MR) is 98.8 cm³/mol. The Morgan fingerprint density at radius 3 is 2.57 bits per heavy atom. The summed E-state index contributed by atoms with van der Waals surface area (Å²) in [5.41, 5.74) is 0.842. The largest absolute Gasteiger partial charge is 0.492 e. The van der Waals surface area contributed by atoms with E-state index in [1.54, 1.807) is 12.1 Å². The molecule has 1 aromatic heterocycles. The highest BCUT2D eigenvalue weighted by molar-refractivity contribution is 5.90. The third-order valence-corrected chi connectivity index (χ3v) is 4.77. The number of hydrogen-bond acceptors (Lipinski definition) is 5. The van der Waals surface area contributed by atoms with Gasteiger partial charge in [0, 0.05) is 18.7 Å². The molecule has 148 valence electrons. The van der Waals surface area contributed by atoms with Crippen LogP contribution in [0.3, 0.4) is 0 Å². The molecule has 1 fully saturated rings. The molecule has 1 aliphatic rings. The van der Waals surface area contributed by atoms with Crippen LogP contribution in [0, 0.1) is 11.7 Å². The van der Waals surface area contributed by atoms with Crippen LogP contribution in [-0.4, -0.2) is 53.9 Å². The van der Waals surface area contributed by atoms with E-state index in [1.807, 2.05) is 0 Å². The third-order valence-electron chi connectivity index (χ3n) is 4.77. The predicted octanol–water partition coefficient (Wildman–Crippen LogP) is 3.44.